The fraction of sp³-hybridized carbons (Fsp3) is 0.0526. The van der Waals surface area contributed by atoms with Gasteiger partial charge in [-0.1, -0.05) is 141 Å². The minimum absolute atomic E-state index is 0.175. The van der Waals surface area contributed by atoms with Gasteiger partial charge in [0.15, 0.2) is 0 Å². The lowest BCUT2D eigenvalue weighted by atomic mass is 9.82. The van der Waals surface area contributed by atoms with Gasteiger partial charge in [-0.3, -0.25) is 0 Å². The highest BCUT2D eigenvalue weighted by molar-refractivity contribution is 6.26. The maximum absolute atomic E-state index is 6.66. The zero-order valence-electron chi connectivity index (χ0n) is 33.2. The highest BCUT2D eigenvalue weighted by atomic mass is 16.3. The third-order valence-corrected chi connectivity index (χ3v) is 13.2. The van der Waals surface area contributed by atoms with Crippen LogP contribution in [0.4, 0.5) is 17.1 Å². The quantitative estimate of drug-likeness (QED) is 0.167. The van der Waals surface area contributed by atoms with Gasteiger partial charge < -0.3 is 13.7 Å². The summed E-state index contributed by atoms with van der Waals surface area (Å²) in [6.07, 6.45) is 0. The topological polar surface area (TPSA) is 29.5 Å². The first-order valence-corrected chi connectivity index (χ1v) is 20.7. The monoisotopic (exact) mass is 767 g/mol. The number of para-hydroxylation sites is 2. The Hall–Kier alpha value is -7.62. The Kier molecular flexibility index (Phi) is 6.78. The van der Waals surface area contributed by atoms with E-state index >= 15 is 0 Å². The summed E-state index contributed by atoms with van der Waals surface area (Å²) in [5, 5.41) is 11.9. The molecule has 0 bridgehead atoms. The van der Waals surface area contributed by atoms with E-state index in [2.05, 4.69) is 201 Å². The summed E-state index contributed by atoms with van der Waals surface area (Å²) >= 11 is 0. The predicted octanol–water partition coefficient (Wildman–Crippen LogP) is 16.4. The van der Waals surface area contributed by atoms with E-state index < -0.39 is 0 Å². The summed E-state index contributed by atoms with van der Waals surface area (Å²) in [6.45, 7) is 4.70. The molecule has 0 N–H and O–H groups in total. The molecule has 0 saturated carbocycles. The van der Waals surface area contributed by atoms with E-state index in [1.54, 1.807) is 0 Å². The molecule has 12 aromatic rings. The highest BCUT2D eigenvalue weighted by Crippen LogP contribution is 2.53. The van der Waals surface area contributed by atoms with Crippen molar-refractivity contribution in [2.45, 2.75) is 19.3 Å². The Morgan fingerprint density at radius 2 is 0.900 bits per heavy atom. The Morgan fingerprint density at radius 1 is 0.367 bits per heavy atom. The van der Waals surface area contributed by atoms with Gasteiger partial charge in [-0.2, -0.15) is 0 Å². The van der Waals surface area contributed by atoms with Crippen LogP contribution in [-0.2, 0) is 5.41 Å². The number of nitrogens with zero attached hydrogens (tertiary/aromatic N) is 1. The molecule has 3 nitrogen and oxygen atoms in total. The lowest BCUT2D eigenvalue weighted by Crippen LogP contribution is -2.17. The van der Waals surface area contributed by atoms with Crippen molar-refractivity contribution in [1.82, 2.24) is 0 Å². The molecule has 0 spiro atoms. The van der Waals surface area contributed by atoms with Crippen LogP contribution in [0.3, 0.4) is 0 Å². The first-order chi connectivity index (χ1) is 29.5. The molecular weight excluding hydrogens is 731 g/mol. The van der Waals surface area contributed by atoms with Crippen LogP contribution in [0.15, 0.2) is 197 Å². The summed E-state index contributed by atoms with van der Waals surface area (Å²) in [5.41, 5.74) is 14.0. The molecule has 0 fully saturated rings. The summed E-state index contributed by atoms with van der Waals surface area (Å²) in [6, 6.07) is 68.4. The van der Waals surface area contributed by atoms with Gasteiger partial charge in [0.1, 0.15) is 22.3 Å². The zero-order valence-corrected chi connectivity index (χ0v) is 33.2. The standard InChI is InChI=1S/C57H37NO2/c1-57(2)48-20-10-7-17-42(48)43-27-24-35(32-49(43)57)58(36-25-28-45-44-18-8-11-21-51(44)60-54(45)33-36)50-29-30-53-56(46-19-9-12-22-52(46)59-53)55(50)34-23-26-41-39-15-4-3-13-37(39)38-14-5-6-16-40(38)47(41)31-34/h3-33H,1-2H3. The molecule has 0 amide bonds. The van der Waals surface area contributed by atoms with Gasteiger partial charge in [0, 0.05) is 50.0 Å². The van der Waals surface area contributed by atoms with Gasteiger partial charge in [-0.25, -0.2) is 0 Å². The molecule has 2 aromatic heterocycles. The van der Waals surface area contributed by atoms with Gasteiger partial charge in [0.25, 0.3) is 0 Å². The SMILES string of the molecule is CC1(C)c2ccccc2-c2ccc(N(c3ccc4c(c3)oc3ccccc34)c3ccc4oc5ccccc5c4c3-c3ccc4c5ccccc5c5ccccc5c4c3)cc21. The molecule has 3 heteroatoms. The Balaban J connectivity index is 1.14. The number of furan rings is 2. The number of rotatable bonds is 4. The first kappa shape index (κ1) is 33.4. The van der Waals surface area contributed by atoms with Crippen molar-refractivity contribution in [2.24, 2.45) is 0 Å². The fourth-order valence-electron chi connectivity index (χ4n) is 10.5. The van der Waals surface area contributed by atoms with Crippen LogP contribution in [0.2, 0.25) is 0 Å². The summed E-state index contributed by atoms with van der Waals surface area (Å²) < 4.78 is 13.2. The lowest BCUT2D eigenvalue weighted by molar-refractivity contribution is 0.660. The Bertz CT molecular complexity index is 3730. The van der Waals surface area contributed by atoms with Gasteiger partial charge in [-0.05, 0) is 115 Å². The predicted molar refractivity (Wildman–Crippen MR) is 251 cm³/mol. The largest absolute Gasteiger partial charge is 0.456 e. The minimum Gasteiger partial charge on any atom is -0.456 e. The fourth-order valence-corrected chi connectivity index (χ4v) is 10.5. The first-order valence-electron chi connectivity index (χ1n) is 20.7. The zero-order chi connectivity index (χ0) is 39.7. The molecule has 0 radical (unpaired) electrons. The maximum atomic E-state index is 6.66. The van der Waals surface area contributed by atoms with E-state index in [9.17, 15) is 0 Å². The third-order valence-electron chi connectivity index (χ3n) is 13.2. The molecule has 60 heavy (non-hydrogen) atoms. The van der Waals surface area contributed by atoms with Crippen LogP contribution < -0.4 is 4.90 Å². The van der Waals surface area contributed by atoms with E-state index in [4.69, 9.17) is 8.83 Å². The molecule has 1 aliphatic rings. The van der Waals surface area contributed by atoms with E-state index in [1.807, 2.05) is 6.07 Å². The second-order valence-corrected chi connectivity index (χ2v) is 16.8. The van der Waals surface area contributed by atoms with E-state index in [0.717, 1.165) is 72.1 Å². The molecule has 0 atom stereocenters. The van der Waals surface area contributed by atoms with Crippen molar-refractivity contribution in [2.75, 3.05) is 4.90 Å². The molecule has 0 saturated heterocycles. The average molecular weight is 768 g/mol. The van der Waals surface area contributed by atoms with Crippen LogP contribution >= 0.6 is 0 Å². The van der Waals surface area contributed by atoms with Crippen LogP contribution in [0.1, 0.15) is 25.0 Å². The molecule has 13 rings (SSSR count). The normalized spacial score (nSPS) is 13.3. The number of fused-ring (bicyclic) bond motifs is 15. The maximum Gasteiger partial charge on any atom is 0.137 e. The third kappa shape index (κ3) is 4.60. The molecule has 282 valence electrons. The van der Waals surface area contributed by atoms with Crippen molar-refractivity contribution in [1.29, 1.82) is 0 Å². The van der Waals surface area contributed by atoms with Crippen LogP contribution in [0.5, 0.6) is 0 Å². The minimum atomic E-state index is -0.175. The van der Waals surface area contributed by atoms with Gasteiger partial charge >= 0.3 is 0 Å². The summed E-state index contributed by atoms with van der Waals surface area (Å²) in [7, 11) is 0. The molecule has 0 aliphatic heterocycles. The number of benzene rings is 10. The van der Waals surface area contributed by atoms with E-state index in [-0.39, 0.29) is 5.41 Å². The number of hydrogen-bond acceptors (Lipinski definition) is 3. The van der Waals surface area contributed by atoms with Gasteiger partial charge in [0.05, 0.1) is 5.69 Å². The van der Waals surface area contributed by atoms with Crippen LogP contribution in [-0.4, -0.2) is 0 Å². The molecule has 0 unspecified atom stereocenters. The van der Waals surface area contributed by atoms with Crippen LogP contribution in [0.25, 0.3) is 98.4 Å². The van der Waals surface area contributed by atoms with Crippen molar-refractivity contribution < 1.29 is 8.83 Å². The van der Waals surface area contributed by atoms with Crippen molar-refractivity contribution >= 4 is 93.3 Å². The Morgan fingerprint density at radius 3 is 1.67 bits per heavy atom. The molecule has 1 aliphatic carbocycles. The highest BCUT2D eigenvalue weighted by Gasteiger charge is 2.36. The average Bonchev–Trinajstić information content (AvgIpc) is 3.94. The van der Waals surface area contributed by atoms with Crippen molar-refractivity contribution in [3.63, 3.8) is 0 Å². The smallest absolute Gasteiger partial charge is 0.137 e. The van der Waals surface area contributed by atoms with Gasteiger partial charge in [0.2, 0.25) is 0 Å². The van der Waals surface area contributed by atoms with Crippen molar-refractivity contribution in [3.8, 4) is 22.3 Å². The second-order valence-electron chi connectivity index (χ2n) is 16.8. The summed E-state index contributed by atoms with van der Waals surface area (Å²) in [4.78, 5) is 2.44. The Labute approximate surface area is 346 Å². The molecular formula is C57H37NO2. The number of anilines is 3. The second kappa shape index (κ2) is 12.2. The van der Waals surface area contributed by atoms with Crippen LogP contribution in [0, 0.1) is 0 Å². The lowest BCUT2D eigenvalue weighted by Gasteiger charge is -2.30. The van der Waals surface area contributed by atoms with E-state index in [0.29, 0.717) is 0 Å². The van der Waals surface area contributed by atoms with Gasteiger partial charge in [-0.15, -0.1) is 0 Å². The van der Waals surface area contributed by atoms with Crippen molar-refractivity contribution in [3.05, 3.63) is 199 Å². The molecule has 2 heterocycles. The number of hydrogen-bond donors (Lipinski definition) is 0. The summed E-state index contributed by atoms with van der Waals surface area (Å²) in [5.74, 6) is 0. The molecule has 10 aromatic carbocycles. The van der Waals surface area contributed by atoms with E-state index in [1.165, 1.54) is 54.6 Å².